The van der Waals surface area contributed by atoms with E-state index in [0.717, 1.165) is 30.0 Å². The molecule has 1 saturated heterocycles. The van der Waals surface area contributed by atoms with Crippen molar-refractivity contribution in [2.75, 3.05) is 18.5 Å². The van der Waals surface area contributed by atoms with Crippen LogP contribution in [0.25, 0.3) is 0 Å². The number of aromatic nitrogens is 2. The predicted molar refractivity (Wildman–Crippen MR) is 97.4 cm³/mol. The number of hydrogen-bond acceptors (Lipinski definition) is 5. The molecule has 0 radical (unpaired) electrons. The van der Waals surface area contributed by atoms with Crippen LogP contribution >= 0.6 is 11.3 Å². The zero-order valence-electron chi connectivity index (χ0n) is 14.8. The maximum absolute atomic E-state index is 12.8. The van der Waals surface area contributed by atoms with E-state index in [4.69, 9.17) is 4.74 Å². The Labute approximate surface area is 163 Å². The lowest BCUT2D eigenvalue weighted by molar-refractivity contribution is -0.137. The molecule has 10 heteroatoms. The molecule has 1 saturated carbocycles. The second kappa shape index (κ2) is 7.67. The third kappa shape index (κ3) is 4.44. The molecular formula is C18H19F3N4O2S. The maximum atomic E-state index is 12.8. The zero-order valence-corrected chi connectivity index (χ0v) is 15.6. The number of benzene rings is 1. The molecule has 2 heterocycles. The number of carbonyl (C=O) groups is 1. The van der Waals surface area contributed by atoms with E-state index in [2.05, 4.69) is 20.8 Å². The van der Waals surface area contributed by atoms with E-state index in [0.29, 0.717) is 36.2 Å². The van der Waals surface area contributed by atoms with Crippen LogP contribution in [0, 0.1) is 0 Å². The topological polar surface area (TPSA) is 76.1 Å². The number of nitrogens with zero attached hydrogens (tertiary/aromatic N) is 2. The van der Waals surface area contributed by atoms with Crippen molar-refractivity contribution in [2.45, 2.75) is 43.3 Å². The summed E-state index contributed by atoms with van der Waals surface area (Å²) in [4.78, 5) is 12.2. The molecule has 4 rings (SSSR count). The Bertz CT molecular complexity index is 851. The molecule has 1 aromatic carbocycles. The van der Waals surface area contributed by atoms with Crippen molar-refractivity contribution in [1.29, 1.82) is 0 Å². The van der Waals surface area contributed by atoms with Gasteiger partial charge < -0.3 is 10.1 Å². The van der Waals surface area contributed by atoms with E-state index in [-0.39, 0.29) is 12.0 Å². The average Bonchev–Trinajstić information content (AvgIpc) is 3.28. The Morgan fingerprint density at radius 1 is 1.21 bits per heavy atom. The van der Waals surface area contributed by atoms with Crippen molar-refractivity contribution in [3.63, 3.8) is 0 Å². The van der Waals surface area contributed by atoms with Gasteiger partial charge in [0.05, 0.1) is 5.56 Å². The third-order valence-corrected chi connectivity index (χ3v) is 5.98. The van der Waals surface area contributed by atoms with Gasteiger partial charge in [0.2, 0.25) is 5.13 Å². The summed E-state index contributed by atoms with van der Waals surface area (Å²) in [7, 11) is 0. The molecule has 1 aliphatic heterocycles. The first kappa shape index (κ1) is 19.1. The van der Waals surface area contributed by atoms with E-state index in [1.165, 1.54) is 17.4 Å². The number of urea groups is 1. The molecule has 1 aliphatic carbocycles. The minimum Gasteiger partial charge on any atom is -0.381 e. The van der Waals surface area contributed by atoms with Crippen LogP contribution in [0.5, 0.6) is 0 Å². The quantitative estimate of drug-likeness (QED) is 0.792. The van der Waals surface area contributed by atoms with E-state index in [9.17, 15) is 18.0 Å². The SMILES string of the molecule is O=C(Nc1nnc(C2CCOCC2)s1)N[C@@H]1C[C@H]1c1cccc(C(F)(F)F)c1. The van der Waals surface area contributed by atoms with Gasteiger partial charge in [-0.3, -0.25) is 5.32 Å². The molecule has 6 nitrogen and oxygen atoms in total. The number of halogens is 3. The number of carbonyl (C=O) groups excluding carboxylic acids is 1. The van der Waals surface area contributed by atoms with Crippen LogP contribution in [0.15, 0.2) is 24.3 Å². The predicted octanol–water partition coefficient (Wildman–Crippen LogP) is 4.13. The monoisotopic (exact) mass is 412 g/mol. The van der Waals surface area contributed by atoms with Crippen molar-refractivity contribution >= 4 is 22.5 Å². The van der Waals surface area contributed by atoms with Gasteiger partial charge in [-0.25, -0.2) is 4.79 Å². The molecule has 0 spiro atoms. The van der Waals surface area contributed by atoms with Crippen molar-refractivity contribution in [2.24, 2.45) is 0 Å². The molecule has 2 aliphatic rings. The first-order valence-corrected chi connectivity index (χ1v) is 9.87. The Hall–Kier alpha value is -2.20. The lowest BCUT2D eigenvalue weighted by atomic mass is 10.0. The van der Waals surface area contributed by atoms with Crippen molar-refractivity contribution in [1.82, 2.24) is 15.5 Å². The van der Waals surface area contributed by atoms with Gasteiger partial charge in [0, 0.05) is 31.1 Å². The van der Waals surface area contributed by atoms with Crippen LogP contribution in [0.4, 0.5) is 23.1 Å². The molecule has 1 aromatic heterocycles. The molecule has 28 heavy (non-hydrogen) atoms. The van der Waals surface area contributed by atoms with Crippen LogP contribution in [-0.4, -0.2) is 35.5 Å². The van der Waals surface area contributed by atoms with E-state index < -0.39 is 17.8 Å². The molecule has 2 aromatic rings. The van der Waals surface area contributed by atoms with Crippen LogP contribution < -0.4 is 10.6 Å². The summed E-state index contributed by atoms with van der Waals surface area (Å²) in [5, 5.41) is 14.9. The van der Waals surface area contributed by atoms with Gasteiger partial charge in [-0.1, -0.05) is 29.5 Å². The summed E-state index contributed by atoms with van der Waals surface area (Å²) in [5.41, 5.74) is -0.0903. The minimum atomic E-state index is -4.37. The van der Waals surface area contributed by atoms with Gasteiger partial charge in [0.15, 0.2) is 0 Å². The number of nitrogens with one attached hydrogen (secondary N) is 2. The largest absolute Gasteiger partial charge is 0.416 e. The van der Waals surface area contributed by atoms with Gasteiger partial charge in [-0.2, -0.15) is 13.2 Å². The van der Waals surface area contributed by atoms with E-state index in [1.54, 1.807) is 6.07 Å². The van der Waals surface area contributed by atoms with Crippen LogP contribution in [-0.2, 0) is 10.9 Å². The number of rotatable bonds is 4. The van der Waals surface area contributed by atoms with Gasteiger partial charge in [-0.05, 0) is 30.9 Å². The van der Waals surface area contributed by atoms with Gasteiger partial charge in [-0.15, -0.1) is 10.2 Å². The molecule has 2 amide bonds. The number of amides is 2. The minimum absolute atomic E-state index is 0.111. The van der Waals surface area contributed by atoms with Gasteiger partial charge in [0.1, 0.15) is 5.01 Å². The van der Waals surface area contributed by atoms with Crippen LogP contribution in [0.1, 0.15) is 47.2 Å². The lowest BCUT2D eigenvalue weighted by Crippen LogP contribution is -2.31. The smallest absolute Gasteiger partial charge is 0.381 e. The zero-order chi connectivity index (χ0) is 19.7. The highest BCUT2D eigenvalue weighted by Crippen LogP contribution is 2.42. The van der Waals surface area contributed by atoms with Crippen molar-refractivity contribution in [3.05, 3.63) is 40.4 Å². The summed E-state index contributed by atoms with van der Waals surface area (Å²) >= 11 is 1.34. The summed E-state index contributed by atoms with van der Waals surface area (Å²) < 4.78 is 43.8. The highest BCUT2D eigenvalue weighted by molar-refractivity contribution is 7.15. The molecule has 2 fully saturated rings. The highest BCUT2D eigenvalue weighted by atomic mass is 32.1. The fraction of sp³-hybridized carbons (Fsp3) is 0.500. The second-order valence-corrected chi connectivity index (χ2v) is 8.01. The lowest BCUT2D eigenvalue weighted by Gasteiger charge is -2.18. The fourth-order valence-corrected chi connectivity index (χ4v) is 4.27. The normalized spacial score (nSPS) is 22.7. The molecule has 150 valence electrons. The average molecular weight is 412 g/mol. The summed E-state index contributed by atoms with van der Waals surface area (Å²) in [6, 6.07) is 4.64. The van der Waals surface area contributed by atoms with Gasteiger partial charge in [0.25, 0.3) is 0 Å². The standard InChI is InChI=1S/C18H19F3N4O2S/c19-18(20,21)12-3-1-2-11(8-12)13-9-14(13)22-16(26)23-17-25-24-15(28-17)10-4-6-27-7-5-10/h1-3,8,10,13-14H,4-7,9H2,(H2,22,23,25,26)/t13-,14+/m0/s1. The Kier molecular flexibility index (Phi) is 5.24. The highest BCUT2D eigenvalue weighted by Gasteiger charge is 2.41. The summed E-state index contributed by atoms with van der Waals surface area (Å²) in [5.74, 6) is 0.193. The fourth-order valence-electron chi connectivity index (χ4n) is 3.36. The Morgan fingerprint density at radius 3 is 2.75 bits per heavy atom. The molecule has 0 bridgehead atoms. The summed E-state index contributed by atoms with van der Waals surface area (Å²) in [6.07, 6.45) is -1.98. The first-order chi connectivity index (χ1) is 13.4. The third-order valence-electron chi connectivity index (χ3n) is 4.98. The second-order valence-electron chi connectivity index (χ2n) is 7.00. The Morgan fingerprint density at radius 2 is 2.00 bits per heavy atom. The number of hydrogen-bond donors (Lipinski definition) is 2. The van der Waals surface area contributed by atoms with Crippen molar-refractivity contribution < 1.29 is 22.7 Å². The first-order valence-electron chi connectivity index (χ1n) is 9.06. The summed E-state index contributed by atoms with van der Waals surface area (Å²) in [6.45, 7) is 1.40. The number of alkyl halides is 3. The molecule has 2 N–H and O–H groups in total. The maximum Gasteiger partial charge on any atom is 0.416 e. The van der Waals surface area contributed by atoms with Gasteiger partial charge >= 0.3 is 12.2 Å². The number of anilines is 1. The molecule has 2 atom stereocenters. The van der Waals surface area contributed by atoms with Crippen LogP contribution in [0.3, 0.4) is 0 Å². The van der Waals surface area contributed by atoms with E-state index >= 15 is 0 Å². The van der Waals surface area contributed by atoms with Crippen molar-refractivity contribution in [3.8, 4) is 0 Å². The Balaban J connectivity index is 1.30. The molecular weight excluding hydrogens is 393 g/mol. The van der Waals surface area contributed by atoms with E-state index in [1.807, 2.05) is 0 Å². The van der Waals surface area contributed by atoms with Crippen LogP contribution in [0.2, 0.25) is 0 Å². The number of ether oxygens (including phenoxy) is 1. The molecule has 0 unspecified atom stereocenters.